The normalized spacial score (nSPS) is 23.3. The number of nitrogens with one attached hydrogen (secondary N) is 2. The van der Waals surface area contributed by atoms with Crippen LogP contribution in [0.4, 0.5) is 5.82 Å². The number of nitriles is 1. The molecule has 0 bridgehead atoms. The van der Waals surface area contributed by atoms with Gasteiger partial charge in [-0.2, -0.15) is 5.26 Å². The maximum atomic E-state index is 12.6. The van der Waals surface area contributed by atoms with E-state index in [4.69, 9.17) is 21.6 Å². The molecule has 1 aromatic heterocycles. The second kappa shape index (κ2) is 10.2. The van der Waals surface area contributed by atoms with Crippen molar-refractivity contribution in [3.8, 4) is 11.8 Å². The average molecular weight is 455 g/mol. The Bertz CT molecular complexity index is 985. The number of anilines is 1. The average Bonchev–Trinajstić information content (AvgIpc) is 2.81. The van der Waals surface area contributed by atoms with Gasteiger partial charge in [0.05, 0.1) is 29.1 Å². The molecular formula is C23H27ClN6O2. The minimum atomic E-state index is -0.194. The van der Waals surface area contributed by atoms with Crippen LogP contribution in [0.15, 0.2) is 30.6 Å². The number of ether oxygens (including phenoxy) is 1. The number of carbonyl (C=O) groups is 1. The quantitative estimate of drug-likeness (QED) is 0.715. The molecule has 0 unspecified atom stereocenters. The van der Waals surface area contributed by atoms with Crippen LogP contribution in [0.1, 0.15) is 48.7 Å². The molecule has 1 aromatic carbocycles. The van der Waals surface area contributed by atoms with Gasteiger partial charge in [0, 0.05) is 37.8 Å². The van der Waals surface area contributed by atoms with Crippen molar-refractivity contribution >= 4 is 23.3 Å². The van der Waals surface area contributed by atoms with Gasteiger partial charge < -0.3 is 20.3 Å². The van der Waals surface area contributed by atoms with Gasteiger partial charge in [-0.25, -0.2) is 9.97 Å². The lowest BCUT2D eigenvalue weighted by Crippen LogP contribution is -2.50. The number of hydrogen-bond donors (Lipinski definition) is 2. The first-order valence-corrected chi connectivity index (χ1v) is 11.4. The van der Waals surface area contributed by atoms with Gasteiger partial charge in [0.25, 0.3) is 5.91 Å². The molecular weight excluding hydrogens is 428 g/mol. The SMILES string of the molecule is C[C@@H]1CNCCN1c1cnc(C(=O)N[C@H]2CC[C@H](Oc3ccc(C#N)c(Cl)c3)CC2)cn1. The summed E-state index contributed by atoms with van der Waals surface area (Å²) in [5.41, 5.74) is 0.770. The Balaban J connectivity index is 1.26. The lowest BCUT2D eigenvalue weighted by atomic mass is 9.93. The van der Waals surface area contributed by atoms with Gasteiger partial charge in [0.2, 0.25) is 0 Å². The van der Waals surface area contributed by atoms with Crippen molar-refractivity contribution in [1.82, 2.24) is 20.6 Å². The van der Waals surface area contributed by atoms with E-state index in [0.717, 1.165) is 51.1 Å². The molecule has 9 heteroatoms. The molecule has 1 amide bonds. The molecule has 4 rings (SSSR count). The number of hydrogen-bond acceptors (Lipinski definition) is 7. The Morgan fingerprint density at radius 2 is 2.09 bits per heavy atom. The number of aromatic nitrogens is 2. The topological polar surface area (TPSA) is 103 Å². The lowest BCUT2D eigenvalue weighted by molar-refractivity contribution is 0.0888. The second-order valence-corrected chi connectivity index (χ2v) is 8.73. The van der Waals surface area contributed by atoms with Crippen molar-refractivity contribution in [2.24, 2.45) is 0 Å². The van der Waals surface area contributed by atoms with E-state index in [9.17, 15) is 4.79 Å². The number of halogens is 1. The summed E-state index contributed by atoms with van der Waals surface area (Å²) in [6, 6.07) is 7.58. The molecule has 2 aromatic rings. The third-order valence-corrected chi connectivity index (χ3v) is 6.35. The Kier molecular flexibility index (Phi) is 7.08. The van der Waals surface area contributed by atoms with Crippen molar-refractivity contribution < 1.29 is 9.53 Å². The molecule has 1 atom stereocenters. The summed E-state index contributed by atoms with van der Waals surface area (Å²) in [4.78, 5) is 23.6. The first-order chi connectivity index (χ1) is 15.5. The second-order valence-electron chi connectivity index (χ2n) is 8.32. The van der Waals surface area contributed by atoms with Crippen molar-refractivity contribution in [2.45, 2.75) is 50.8 Å². The van der Waals surface area contributed by atoms with Crippen molar-refractivity contribution in [3.63, 3.8) is 0 Å². The number of nitrogens with zero attached hydrogens (tertiary/aromatic N) is 4. The zero-order valence-corrected chi connectivity index (χ0v) is 18.8. The van der Waals surface area contributed by atoms with Crippen LogP contribution in [-0.2, 0) is 0 Å². The Morgan fingerprint density at radius 3 is 2.75 bits per heavy atom. The maximum Gasteiger partial charge on any atom is 0.271 e. The molecule has 1 aliphatic heterocycles. The van der Waals surface area contributed by atoms with Crippen LogP contribution in [0.25, 0.3) is 0 Å². The van der Waals surface area contributed by atoms with Crippen LogP contribution in [0.5, 0.6) is 5.75 Å². The van der Waals surface area contributed by atoms with Crippen LogP contribution in [0.2, 0.25) is 5.02 Å². The summed E-state index contributed by atoms with van der Waals surface area (Å²) < 4.78 is 6.01. The van der Waals surface area contributed by atoms with Crippen LogP contribution >= 0.6 is 11.6 Å². The molecule has 1 saturated heterocycles. The first-order valence-electron chi connectivity index (χ1n) is 11.0. The van der Waals surface area contributed by atoms with Crippen molar-refractivity contribution in [3.05, 3.63) is 46.9 Å². The van der Waals surface area contributed by atoms with Crippen molar-refractivity contribution in [2.75, 3.05) is 24.5 Å². The van der Waals surface area contributed by atoms with Gasteiger partial charge in [0.15, 0.2) is 0 Å². The van der Waals surface area contributed by atoms with Crippen molar-refractivity contribution in [1.29, 1.82) is 5.26 Å². The highest BCUT2D eigenvalue weighted by atomic mass is 35.5. The van der Waals surface area contributed by atoms with Crippen LogP contribution in [0.3, 0.4) is 0 Å². The number of benzene rings is 1. The van der Waals surface area contributed by atoms with E-state index in [1.807, 2.05) is 6.07 Å². The molecule has 1 aliphatic carbocycles. The van der Waals surface area contributed by atoms with E-state index >= 15 is 0 Å². The fourth-order valence-corrected chi connectivity index (χ4v) is 4.42. The maximum absolute atomic E-state index is 12.6. The largest absolute Gasteiger partial charge is 0.490 e. The van der Waals surface area contributed by atoms with E-state index in [0.29, 0.717) is 28.1 Å². The molecule has 8 nitrogen and oxygen atoms in total. The standard InChI is InChI=1S/C23H27ClN6O2/c1-15-12-26-8-9-30(15)22-14-27-21(13-28-22)23(31)29-17-3-6-18(7-4-17)32-19-5-2-16(11-25)20(24)10-19/h2,5,10,13-15,17-18,26H,3-4,6-9,12H2,1H3,(H,29,31)/t15-,17-,18-/m1/s1. The predicted octanol–water partition coefficient (Wildman–Crippen LogP) is 2.92. The lowest BCUT2D eigenvalue weighted by Gasteiger charge is -2.34. The fraction of sp³-hybridized carbons (Fsp3) is 0.478. The van der Waals surface area contributed by atoms with Crippen LogP contribution < -0.4 is 20.3 Å². The molecule has 32 heavy (non-hydrogen) atoms. The molecule has 2 heterocycles. The number of carbonyl (C=O) groups excluding carboxylic acids is 1. The monoisotopic (exact) mass is 454 g/mol. The third kappa shape index (κ3) is 5.29. The fourth-order valence-electron chi connectivity index (χ4n) is 4.20. The highest BCUT2D eigenvalue weighted by molar-refractivity contribution is 6.31. The minimum absolute atomic E-state index is 0.0623. The van der Waals surface area contributed by atoms with Gasteiger partial charge >= 0.3 is 0 Å². The zero-order valence-electron chi connectivity index (χ0n) is 18.1. The van der Waals surface area contributed by atoms with Gasteiger partial charge in [0.1, 0.15) is 23.3 Å². The highest BCUT2D eigenvalue weighted by Gasteiger charge is 2.25. The molecule has 168 valence electrons. The van der Waals surface area contributed by atoms with E-state index < -0.39 is 0 Å². The Morgan fingerprint density at radius 1 is 1.28 bits per heavy atom. The van der Waals surface area contributed by atoms with E-state index in [-0.39, 0.29) is 18.1 Å². The molecule has 2 aliphatic rings. The zero-order chi connectivity index (χ0) is 22.5. The summed E-state index contributed by atoms with van der Waals surface area (Å²) in [6.07, 6.45) is 6.61. The third-order valence-electron chi connectivity index (χ3n) is 6.04. The van der Waals surface area contributed by atoms with Gasteiger partial charge in [-0.3, -0.25) is 4.79 Å². The highest BCUT2D eigenvalue weighted by Crippen LogP contribution is 2.27. The first kappa shape index (κ1) is 22.3. The van der Waals surface area contributed by atoms with Gasteiger partial charge in [-0.05, 0) is 44.7 Å². The summed E-state index contributed by atoms with van der Waals surface area (Å²) in [7, 11) is 0. The molecule has 2 fully saturated rings. The summed E-state index contributed by atoms with van der Waals surface area (Å²) in [6.45, 7) is 4.85. The van der Waals surface area contributed by atoms with Gasteiger partial charge in [-0.1, -0.05) is 11.6 Å². The Labute approximate surface area is 192 Å². The Hall–Kier alpha value is -2.89. The molecule has 0 spiro atoms. The molecule has 1 saturated carbocycles. The van der Waals surface area contributed by atoms with Gasteiger partial charge in [-0.15, -0.1) is 0 Å². The summed E-state index contributed by atoms with van der Waals surface area (Å²) >= 11 is 6.08. The van der Waals surface area contributed by atoms with Crippen LogP contribution in [0, 0.1) is 11.3 Å². The summed E-state index contributed by atoms with van der Waals surface area (Å²) in [5.74, 6) is 1.27. The smallest absolute Gasteiger partial charge is 0.271 e. The number of piperazine rings is 1. The van der Waals surface area contributed by atoms with E-state index in [2.05, 4.69) is 32.4 Å². The van der Waals surface area contributed by atoms with E-state index in [1.165, 1.54) is 0 Å². The number of amides is 1. The van der Waals surface area contributed by atoms with Crippen LogP contribution in [-0.4, -0.2) is 53.7 Å². The molecule has 0 radical (unpaired) electrons. The minimum Gasteiger partial charge on any atom is -0.490 e. The predicted molar refractivity (Wildman–Crippen MR) is 122 cm³/mol. The number of rotatable bonds is 5. The molecule has 2 N–H and O–H groups in total. The summed E-state index contributed by atoms with van der Waals surface area (Å²) in [5, 5.41) is 15.8. The van der Waals surface area contributed by atoms with E-state index in [1.54, 1.807) is 30.6 Å².